The van der Waals surface area contributed by atoms with E-state index in [0.717, 1.165) is 5.56 Å². The minimum atomic E-state index is -1.91. The molecule has 0 unspecified atom stereocenters. The molecule has 186 valence electrons. The van der Waals surface area contributed by atoms with E-state index in [1.54, 1.807) is 36.4 Å². The maximum absolute atomic E-state index is 13.5. The Bertz CT molecular complexity index is 1140. The van der Waals surface area contributed by atoms with Gasteiger partial charge in [-0.3, -0.25) is 24.4 Å². The van der Waals surface area contributed by atoms with Crippen LogP contribution < -0.4 is 16.0 Å². The van der Waals surface area contributed by atoms with Crippen molar-refractivity contribution in [3.8, 4) is 0 Å². The second kappa shape index (κ2) is 12.6. The number of hydrogen-bond donors (Lipinski definition) is 3. The van der Waals surface area contributed by atoms with Crippen LogP contribution in [0.4, 0.5) is 4.79 Å². The van der Waals surface area contributed by atoms with E-state index >= 15 is 0 Å². The molecule has 0 saturated carbocycles. The Kier molecular flexibility index (Phi) is 9.04. The first-order valence-corrected chi connectivity index (χ1v) is 10.9. The van der Waals surface area contributed by atoms with Crippen molar-refractivity contribution in [2.24, 2.45) is 0 Å². The van der Waals surface area contributed by atoms with E-state index in [2.05, 4.69) is 30.7 Å². The number of ether oxygens (including phenoxy) is 2. The van der Waals surface area contributed by atoms with Gasteiger partial charge in [0, 0.05) is 12.4 Å². The number of hydrogen-bond acceptors (Lipinski definition) is 8. The lowest BCUT2D eigenvalue weighted by Gasteiger charge is -2.32. The van der Waals surface area contributed by atoms with Gasteiger partial charge >= 0.3 is 12.1 Å². The predicted octanol–water partition coefficient (Wildman–Crippen LogP) is 1.05. The van der Waals surface area contributed by atoms with Crippen molar-refractivity contribution in [2.75, 3.05) is 20.2 Å². The van der Waals surface area contributed by atoms with Crippen LogP contribution in [-0.4, -0.2) is 54.0 Å². The molecule has 2 heterocycles. The van der Waals surface area contributed by atoms with Crippen LogP contribution in [0.5, 0.6) is 0 Å². The fourth-order valence-electron chi connectivity index (χ4n) is 3.25. The van der Waals surface area contributed by atoms with Gasteiger partial charge in [0.2, 0.25) is 11.4 Å². The third kappa shape index (κ3) is 6.63. The Labute approximate surface area is 207 Å². The number of pyridine rings is 2. The van der Waals surface area contributed by atoms with E-state index in [4.69, 9.17) is 4.74 Å². The summed E-state index contributed by atoms with van der Waals surface area (Å²) in [6, 6.07) is 18.7. The fraction of sp³-hybridized carbons (Fsp3) is 0.200. The highest BCUT2D eigenvalue weighted by molar-refractivity contribution is 5.97. The number of esters is 1. The lowest BCUT2D eigenvalue weighted by Crippen LogP contribution is -2.59. The average molecular weight is 492 g/mol. The number of methoxy groups -OCH3 is 1. The molecule has 11 nitrogen and oxygen atoms in total. The topological polar surface area (TPSA) is 149 Å². The summed E-state index contributed by atoms with van der Waals surface area (Å²) in [4.78, 5) is 58.8. The van der Waals surface area contributed by atoms with Crippen molar-refractivity contribution in [3.63, 3.8) is 0 Å². The third-order valence-electron chi connectivity index (χ3n) is 4.99. The molecule has 0 atom stereocenters. The number of alkyl carbamates (subject to hydrolysis) is 1. The Balaban J connectivity index is 1.81. The summed E-state index contributed by atoms with van der Waals surface area (Å²) in [6.45, 7) is -0.925. The summed E-state index contributed by atoms with van der Waals surface area (Å²) in [5.74, 6) is -2.19. The summed E-state index contributed by atoms with van der Waals surface area (Å²) in [5, 5.41) is 7.45. The predicted molar refractivity (Wildman–Crippen MR) is 127 cm³/mol. The first-order chi connectivity index (χ1) is 17.5. The Morgan fingerprint density at radius 2 is 1.42 bits per heavy atom. The molecule has 0 bridgehead atoms. The van der Waals surface area contributed by atoms with Gasteiger partial charge in [-0.05, 0) is 29.8 Å². The molecule has 0 aliphatic carbocycles. The summed E-state index contributed by atoms with van der Waals surface area (Å²) in [6.07, 6.45) is 2.09. The van der Waals surface area contributed by atoms with Crippen molar-refractivity contribution in [1.82, 2.24) is 25.9 Å². The minimum absolute atomic E-state index is 0.0238. The van der Waals surface area contributed by atoms with E-state index in [-0.39, 0.29) is 18.0 Å². The average Bonchev–Trinajstić information content (AvgIpc) is 2.93. The second-order valence-corrected chi connectivity index (χ2v) is 7.40. The lowest BCUT2D eigenvalue weighted by atomic mass is 9.88. The Morgan fingerprint density at radius 1 is 0.806 bits per heavy atom. The van der Waals surface area contributed by atoms with Gasteiger partial charge in [-0.25, -0.2) is 4.79 Å². The monoisotopic (exact) mass is 491 g/mol. The highest BCUT2D eigenvalue weighted by Crippen LogP contribution is 2.27. The zero-order chi connectivity index (χ0) is 25.8. The van der Waals surface area contributed by atoms with Crippen LogP contribution in [0.25, 0.3) is 0 Å². The van der Waals surface area contributed by atoms with Gasteiger partial charge in [-0.15, -0.1) is 0 Å². The first kappa shape index (κ1) is 25.8. The molecule has 0 saturated heterocycles. The van der Waals surface area contributed by atoms with Crippen LogP contribution in [0, 0.1) is 0 Å². The molecule has 3 rings (SSSR count). The van der Waals surface area contributed by atoms with Gasteiger partial charge in [0.15, 0.2) is 0 Å². The van der Waals surface area contributed by atoms with Crippen LogP contribution in [-0.2, 0) is 36.0 Å². The lowest BCUT2D eigenvalue weighted by molar-refractivity contribution is -0.142. The van der Waals surface area contributed by atoms with Crippen molar-refractivity contribution in [3.05, 3.63) is 96.1 Å². The summed E-state index contributed by atoms with van der Waals surface area (Å²) in [7, 11) is 1.18. The number of rotatable bonds is 10. The van der Waals surface area contributed by atoms with Crippen LogP contribution in [0.2, 0.25) is 0 Å². The third-order valence-corrected chi connectivity index (χ3v) is 4.99. The van der Waals surface area contributed by atoms with Crippen molar-refractivity contribution < 1.29 is 28.7 Å². The normalized spacial score (nSPS) is 10.6. The fourth-order valence-corrected chi connectivity index (χ4v) is 3.25. The largest absolute Gasteiger partial charge is 0.468 e. The van der Waals surface area contributed by atoms with Gasteiger partial charge in [-0.2, -0.15) is 0 Å². The highest BCUT2D eigenvalue weighted by Gasteiger charge is 2.46. The highest BCUT2D eigenvalue weighted by atomic mass is 16.5. The second-order valence-electron chi connectivity index (χ2n) is 7.40. The number of carbonyl (C=O) groups excluding carboxylic acids is 4. The number of carbonyl (C=O) groups is 4. The Hall–Kier alpha value is -4.80. The van der Waals surface area contributed by atoms with Crippen molar-refractivity contribution >= 4 is 23.9 Å². The van der Waals surface area contributed by atoms with Gasteiger partial charge in [0.05, 0.1) is 18.5 Å². The van der Waals surface area contributed by atoms with Crippen LogP contribution >= 0.6 is 0 Å². The van der Waals surface area contributed by atoms with Crippen molar-refractivity contribution in [2.45, 2.75) is 12.1 Å². The van der Waals surface area contributed by atoms with Crippen LogP contribution in [0.15, 0.2) is 79.1 Å². The smallest absolute Gasteiger partial charge is 0.407 e. The zero-order valence-electron chi connectivity index (χ0n) is 19.5. The molecular weight excluding hydrogens is 466 g/mol. The van der Waals surface area contributed by atoms with Crippen LogP contribution in [0.1, 0.15) is 17.0 Å². The van der Waals surface area contributed by atoms with E-state index in [9.17, 15) is 19.2 Å². The minimum Gasteiger partial charge on any atom is -0.468 e. The summed E-state index contributed by atoms with van der Waals surface area (Å²) >= 11 is 0. The maximum Gasteiger partial charge on any atom is 0.407 e. The molecule has 1 aromatic carbocycles. The van der Waals surface area contributed by atoms with Gasteiger partial charge in [-0.1, -0.05) is 42.5 Å². The van der Waals surface area contributed by atoms with E-state index < -0.39 is 42.5 Å². The molecule has 3 N–H and O–H groups in total. The van der Waals surface area contributed by atoms with Gasteiger partial charge in [0.25, 0.3) is 5.91 Å². The number of benzene rings is 1. The number of nitrogens with one attached hydrogen (secondary N) is 3. The molecular formula is C25H25N5O6. The number of amides is 3. The molecule has 0 radical (unpaired) electrons. The molecule has 36 heavy (non-hydrogen) atoms. The molecule has 0 aliphatic heterocycles. The summed E-state index contributed by atoms with van der Waals surface area (Å²) in [5.41, 5.74) is -0.843. The van der Waals surface area contributed by atoms with E-state index in [1.807, 2.05) is 18.2 Å². The molecule has 3 aromatic rings. The van der Waals surface area contributed by atoms with Gasteiger partial charge in [0.1, 0.15) is 19.7 Å². The van der Waals surface area contributed by atoms with Crippen LogP contribution in [0.3, 0.4) is 0 Å². The van der Waals surface area contributed by atoms with Gasteiger partial charge < -0.3 is 25.4 Å². The maximum atomic E-state index is 13.5. The molecule has 0 fully saturated rings. The standard InChI is InChI=1S/C25H25N5O6/c1-35-22(32)16-28-23(33)25(19-11-5-7-13-26-19,20-12-6-8-14-27-20)30-21(31)15-29-24(34)36-17-18-9-3-2-4-10-18/h2-14H,15-17H2,1H3,(H,28,33)(H,29,34)(H,30,31). The number of aromatic nitrogens is 2. The Morgan fingerprint density at radius 3 is 1.97 bits per heavy atom. The van der Waals surface area contributed by atoms with E-state index in [1.165, 1.54) is 31.6 Å². The SMILES string of the molecule is COC(=O)CNC(=O)C(NC(=O)CNC(=O)OCc1ccccc1)(c1ccccn1)c1ccccn1. The van der Waals surface area contributed by atoms with Crippen molar-refractivity contribution in [1.29, 1.82) is 0 Å². The molecule has 2 aromatic heterocycles. The quantitative estimate of drug-likeness (QED) is 0.357. The summed E-state index contributed by atoms with van der Waals surface area (Å²) < 4.78 is 9.71. The molecule has 11 heteroatoms. The first-order valence-electron chi connectivity index (χ1n) is 10.9. The molecule has 0 aliphatic rings. The molecule has 3 amide bonds. The zero-order valence-corrected chi connectivity index (χ0v) is 19.5. The van der Waals surface area contributed by atoms with E-state index in [0.29, 0.717) is 0 Å². The molecule has 0 spiro atoms. The number of nitrogens with zero attached hydrogens (tertiary/aromatic N) is 2.